The van der Waals surface area contributed by atoms with Crippen molar-refractivity contribution in [3.05, 3.63) is 40.3 Å². The largest absolute Gasteiger partial charge is 0.495 e. The molecule has 0 saturated carbocycles. The van der Waals surface area contributed by atoms with Gasteiger partial charge in [0.15, 0.2) is 11.7 Å². The number of guanidine groups is 1. The van der Waals surface area contributed by atoms with Crippen LogP contribution in [0.4, 0.5) is 18.9 Å². The van der Waals surface area contributed by atoms with Gasteiger partial charge in [-0.1, -0.05) is 12.1 Å². The third kappa shape index (κ3) is 5.78. The topological polar surface area (TPSA) is 61.8 Å². The second kappa shape index (κ2) is 10.0. The Morgan fingerprint density at radius 1 is 1.37 bits per heavy atom. The number of thiazole rings is 1. The highest BCUT2D eigenvalue weighted by molar-refractivity contribution is 7.09. The fraction of sp³-hybridized carbons (Fsp3) is 0.500. The second-order valence-corrected chi connectivity index (χ2v) is 7.92. The molecule has 30 heavy (non-hydrogen) atoms. The van der Waals surface area contributed by atoms with Gasteiger partial charge in [0.1, 0.15) is 5.75 Å². The average Bonchev–Trinajstić information content (AvgIpc) is 3.23. The van der Waals surface area contributed by atoms with Crippen LogP contribution in [0.25, 0.3) is 0 Å². The maximum atomic E-state index is 12.7. The number of nitrogens with zero attached hydrogens (tertiary/aromatic N) is 3. The first-order valence-electron chi connectivity index (χ1n) is 9.77. The SMILES string of the molecule is CN=C(NCCc1nc(C(F)(F)F)cs1)NC1CCCN(c2ccccc2OC)C1. The Morgan fingerprint density at radius 3 is 2.87 bits per heavy atom. The summed E-state index contributed by atoms with van der Waals surface area (Å²) in [5, 5.41) is 8.09. The number of benzene rings is 1. The summed E-state index contributed by atoms with van der Waals surface area (Å²) in [5.41, 5.74) is 0.238. The van der Waals surface area contributed by atoms with Crippen molar-refractivity contribution in [2.24, 2.45) is 4.99 Å². The molecule has 2 N–H and O–H groups in total. The van der Waals surface area contributed by atoms with E-state index in [1.54, 1.807) is 14.2 Å². The molecule has 0 aliphatic carbocycles. The Balaban J connectivity index is 1.51. The van der Waals surface area contributed by atoms with Crippen molar-refractivity contribution in [1.82, 2.24) is 15.6 Å². The van der Waals surface area contributed by atoms with Gasteiger partial charge in [-0.25, -0.2) is 4.98 Å². The molecule has 1 aliphatic heterocycles. The van der Waals surface area contributed by atoms with E-state index in [0.29, 0.717) is 23.9 Å². The molecule has 0 spiro atoms. The van der Waals surface area contributed by atoms with E-state index in [0.717, 1.165) is 54.1 Å². The van der Waals surface area contributed by atoms with Crippen LogP contribution in [0.1, 0.15) is 23.5 Å². The number of nitrogens with one attached hydrogen (secondary N) is 2. The number of ether oxygens (including phenoxy) is 1. The summed E-state index contributed by atoms with van der Waals surface area (Å²) in [6.45, 7) is 2.21. The van der Waals surface area contributed by atoms with E-state index >= 15 is 0 Å². The molecule has 1 unspecified atom stereocenters. The zero-order valence-electron chi connectivity index (χ0n) is 17.0. The lowest BCUT2D eigenvalue weighted by Gasteiger charge is -2.36. The standard InChI is InChI=1S/C20H26F3N5OS/c1-24-19(25-10-9-18-27-17(13-30-18)20(21,22)23)26-14-6-5-11-28(12-14)15-7-3-4-8-16(15)29-2/h3-4,7-8,13-14H,5-6,9-12H2,1-2H3,(H2,24,25,26). The normalized spacial score (nSPS) is 17.7. The monoisotopic (exact) mass is 441 g/mol. The van der Waals surface area contributed by atoms with Crippen LogP contribution in [0, 0.1) is 0 Å². The number of para-hydroxylation sites is 2. The number of hydrogen-bond acceptors (Lipinski definition) is 5. The van der Waals surface area contributed by atoms with Gasteiger partial charge in [0.2, 0.25) is 0 Å². The summed E-state index contributed by atoms with van der Waals surface area (Å²) in [4.78, 5) is 10.2. The van der Waals surface area contributed by atoms with Crippen molar-refractivity contribution in [3.8, 4) is 5.75 Å². The number of alkyl halides is 3. The average molecular weight is 442 g/mol. The fourth-order valence-corrected chi connectivity index (χ4v) is 4.24. The van der Waals surface area contributed by atoms with Crippen molar-refractivity contribution in [3.63, 3.8) is 0 Å². The van der Waals surface area contributed by atoms with Gasteiger partial charge >= 0.3 is 6.18 Å². The summed E-state index contributed by atoms with van der Waals surface area (Å²) < 4.78 is 43.4. The fourth-order valence-electron chi connectivity index (χ4n) is 3.44. The molecule has 2 heterocycles. The highest BCUT2D eigenvalue weighted by atomic mass is 32.1. The van der Waals surface area contributed by atoms with Crippen molar-refractivity contribution < 1.29 is 17.9 Å². The number of aliphatic imine (C=N–C) groups is 1. The minimum atomic E-state index is -4.39. The van der Waals surface area contributed by atoms with Gasteiger partial charge in [0.05, 0.1) is 17.8 Å². The maximum absolute atomic E-state index is 12.7. The second-order valence-electron chi connectivity index (χ2n) is 6.97. The number of methoxy groups -OCH3 is 1. The molecule has 0 amide bonds. The van der Waals surface area contributed by atoms with E-state index < -0.39 is 11.9 Å². The molecule has 164 valence electrons. The molecule has 1 fully saturated rings. The predicted octanol–water partition coefficient (Wildman–Crippen LogP) is 3.55. The third-order valence-corrected chi connectivity index (χ3v) is 5.79. The Kier molecular flexibility index (Phi) is 7.41. The van der Waals surface area contributed by atoms with E-state index in [2.05, 4.69) is 31.6 Å². The van der Waals surface area contributed by atoms with Crippen LogP contribution < -0.4 is 20.3 Å². The van der Waals surface area contributed by atoms with Gasteiger partial charge in [-0.05, 0) is 25.0 Å². The van der Waals surface area contributed by atoms with Gasteiger partial charge in [-0.2, -0.15) is 13.2 Å². The zero-order chi connectivity index (χ0) is 21.6. The van der Waals surface area contributed by atoms with Crippen molar-refractivity contribution in [2.75, 3.05) is 38.7 Å². The molecule has 1 aromatic heterocycles. The Morgan fingerprint density at radius 2 is 2.17 bits per heavy atom. The lowest BCUT2D eigenvalue weighted by molar-refractivity contribution is -0.140. The van der Waals surface area contributed by atoms with Gasteiger partial charge in [-0.15, -0.1) is 11.3 Å². The van der Waals surface area contributed by atoms with Gasteiger partial charge in [-0.3, -0.25) is 4.99 Å². The summed E-state index contributed by atoms with van der Waals surface area (Å²) in [5.74, 6) is 1.48. The van der Waals surface area contributed by atoms with Crippen LogP contribution >= 0.6 is 11.3 Å². The highest BCUT2D eigenvalue weighted by Crippen LogP contribution is 2.31. The molecular weight excluding hydrogens is 415 g/mol. The highest BCUT2D eigenvalue weighted by Gasteiger charge is 2.33. The first-order chi connectivity index (χ1) is 14.4. The third-order valence-electron chi connectivity index (χ3n) is 4.89. The molecule has 3 rings (SSSR count). The Hall–Kier alpha value is -2.49. The van der Waals surface area contributed by atoms with Gasteiger partial charge < -0.3 is 20.3 Å². The van der Waals surface area contributed by atoms with Crippen LogP contribution in [0.3, 0.4) is 0 Å². The number of anilines is 1. The quantitative estimate of drug-likeness (QED) is 0.530. The summed E-state index contributed by atoms with van der Waals surface area (Å²) >= 11 is 1.02. The van der Waals surface area contributed by atoms with E-state index in [-0.39, 0.29) is 6.04 Å². The number of rotatable bonds is 6. The molecule has 1 atom stereocenters. The molecule has 1 aromatic carbocycles. The molecule has 1 saturated heterocycles. The molecule has 1 aliphatic rings. The summed E-state index contributed by atoms with van der Waals surface area (Å²) in [6, 6.07) is 8.16. The van der Waals surface area contributed by atoms with Crippen molar-refractivity contribution in [1.29, 1.82) is 0 Å². The van der Waals surface area contributed by atoms with Crippen LogP contribution in [0.15, 0.2) is 34.6 Å². The first-order valence-corrected chi connectivity index (χ1v) is 10.7. The van der Waals surface area contributed by atoms with Crippen LogP contribution in [-0.2, 0) is 12.6 Å². The number of aromatic nitrogens is 1. The maximum Gasteiger partial charge on any atom is 0.434 e. The van der Waals surface area contributed by atoms with Crippen LogP contribution in [0.2, 0.25) is 0 Å². The first kappa shape index (κ1) is 22.2. The van der Waals surface area contributed by atoms with E-state index in [9.17, 15) is 13.2 Å². The molecule has 0 bridgehead atoms. The minimum absolute atomic E-state index is 0.201. The molecule has 2 aromatic rings. The Labute approximate surface area is 178 Å². The summed E-state index contributed by atoms with van der Waals surface area (Å²) in [7, 11) is 3.35. The van der Waals surface area contributed by atoms with Crippen LogP contribution in [0.5, 0.6) is 5.75 Å². The lowest BCUT2D eigenvalue weighted by Crippen LogP contribution is -2.51. The van der Waals surface area contributed by atoms with Crippen molar-refractivity contribution >= 4 is 23.0 Å². The molecule has 6 nitrogen and oxygen atoms in total. The number of halogens is 3. The summed E-state index contributed by atoms with van der Waals surface area (Å²) in [6.07, 6.45) is -1.95. The van der Waals surface area contributed by atoms with Crippen LogP contribution in [-0.4, -0.2) is 50.8 Å². The molecule has 0 radical (unpaired) electrons. The van der Waals surface area contributed by atoms with E-state index in [1.165, 1.54) is 0 Å². The Bertz CT molecular complexity index is 855. The minimum Gasteiger partial charge on any atom is -0.495 e. The molecule has 10 heteroatoms. The van der Waals surface area contributed by atoms with Crippen molar-refractivity contribution in [2.45, 2.75) is 31.5 Å². The predicted molar refractivity (Wildman–Crippen MR) is 114 cm³/mol. The molecular formula is C20H26F3N5OS. The zero-order valence-corrected chi connectivity index (χ0v) is 17.8. The van der Waals surface area contributed by atoms with E-state index in [4.69, 9.17) is 4.74 Å². The lowest BCUT2D eigenvalue weighted by atomic mass is 10.0. The van der Waals surface area contributed by atoms with Gasteiger partial charge in [0, 0.05) is 44.5 Å². The number of hydrogen-bond donors (Lipinski definition) is 2. The number of piperidine rings is 1. The smallest absolute Gasteiger partial charge is 0.434 e. The van der Waals surface area contributed by atoms with E-state index in [1.807, 2.05) is 18.2 Å². The van der Waals surface area contributed by atoms with Gasteiger partial charge in [0.25, 0.3) is 0 Å².